The summed E-state index contributed by atoms with van der Waals surface area (Å²) in [5.41, 5.74) is -0.0368. The molecule has 1 fully saturated rings. The van der Waals surface area contributed by atoms with Crippen molar-refractivity contribution in [3.8, 4) is 0 Å². The number of carbonyl (C=O) groups is 2. The van der Waals surface area contributed by atoms with Crippen LogP contribution in [0.2, 0.25) is 0 Å². The van der Waals surface area contributed by atoms with E-state index in [1.54, 1.807) is 6.07 Å². The van der Waals surface area contributed by atoms with Crippen molar-refractivity contribution in [2.24, 2.45) is 0 Å². The Kier molecular flexibility index (Phi) is 5.09. The number of anilines is 1. The molecule has 0 atom stereocenters. The van der Waals surface area contributed by atoms with Gasteiger partial charge in [-0.3, -0.25) is 14.9 Å². The summed E-state index contributed by atoms with van der Waals surface area (Å²) in [4.78, 5) is 23.9. The molecular formula is C15H19N5O3S2. The van der Waals surface area contributed by atoms with E-state index in [1.807, 2.05) is 20.8 Å². The minimum Gasteiger partial charge on any atom is -0.360 e. The van der Waals surface area contributed by atoms with Crippen molar-refractivity contribution in [2.75, 3.05) is 11.1 Å². The van der Waals surface area contributed by atoms with Gasteiger partial charge in [0.1, 0.15) is 5.76 Å². The Morgan fingerprint density at radius 2 is 2.12 bits per heavy atom. The monoisotopic (exact) mass is 381 g/mol. The Labute approximate surface area is 153 Å². The molecule has 0 bridgehead atoms. The third-order valence-electron chi connectivity index (χ3n) is 3.21. The van der Waals surface area contributed by atoms with Crippen LogP contribution in [0.25, 0.3) is 0 Å². The molecule has 2 amide bonds. The Morgan fingerprint density at radius 3 is 2.80 bits per heavy atom. The van der Waals surface area contributed by atoms with Crippen LogP contribution in [-0.4, -0.2) is 38.5 Å². The fourth-order valence-corrected chi connectivity index (χ4v) is 3.56. The minimum absolute atomic E-state index is 0.0755. The second-order valence-electron chi connectivity index (χ2n) is 6.80. The van der Waals surface area contributed by atoms with Gasteiger partial charge in [0, 0.05) is 17.5 Å². The predicted octanol–water partition coefficient (Wildman–Crippen LogP) is 2.66. The minimum atomic E-state index is -0.381. The van der Waals surface area contributed by atoms with E-state index in [9.17, 15) is 9.59 Å². The van der Waals surface area contributed by atoms with Gasteiger partial charge < -0.3 is 9.84 Å². The largest absolute Gasteiger partial charge is 0.360 e. The van der Waals surface area contributed by atoms with E-state index >= 15 is 0 Å². The summed E-state index contributed by atoms with van der Waals surface area (Å²) in [5.74, 6) is 0.942. The Morgan fingerprint density at radius 1 is 1.36 bits per heavy atom. The van der Waals surface area contributed by atoms with Crippen LogP contribution in [0.1, 0.15) is 55.8 Å². The van der Waals surface area contributed by atoms with Crippen LogP contribution in [0.4, 0.5) is 5.13 Å². The molecule has 0 radical (unpaired) electrons. The lowest BCUT2D eigenvalue weighted by atomic mass is 10.1. The van der Waals surface area contributed by atoms with Gasteiger partial charge in [0.05, 0.1) is 5.75 Å². The van der Waals surface area contributed by atoms with Crippen molar-refractivity contribution >= 4 is 40.0 Å². The smallest absolute Gasteiger partial charge is 0.279 e. The molecule has 0 aliphatic heterocycles. The number of rotatable bonds is 6. The molecule has 8 nitrogen and oxygen atoms in total. The molecule has 25 heavy (non-hydrogen) atoms. The van der Waals surface area contributed by atoms with Gasteiger partial charge in [-0.05, 0) is 33.6 Å². The summed E-state index contributed by atoms with van der Waals surface area (Å²) >= 11 is 2.49. The van der Waals surface area contributed by atoms with Crippen molar-refractivity contribution in [1.29, 1.82) is 0 Å². The van der Waals surface area contributed by atoms with Crippen molar-refractivity contribution in [1.82, 2.24) is 20.7 Å². The quantitative estimate of drug-likeness (QED) is 0.584. The first-order valence-corrected chi connectivity index (χ1v) is 9.65. The normalized spacial score (nSPS) is 14.4. The maximum atomic E-state index is 12.1. The Bertz CT molecular complexity index is 776. The molecule has 134 valence electrons. The predicted molar refractivity (Wildman–Crippen MR) is 95.0 cm³/mol. The van der Waals surface area contributed by atoms with Crippen molar-refractivity contribution in [2.45, 2.75) is 49.4 Å². The lowest BCUT2D eigenvalue weighted by molar-refractivity contribution is -0.119. The van der Waals surface area contributed by atoms with Crippen LogP contribution in [0, 0.1) is 0 Å². The molecule has 1 aliphatic rings. The van der Waals surface area contributed by atoms with Gasteiger partial charge in [-0.1, -0.05) is 28.3 Å². The number of aromatic nitrogens is 3. The third kappa shape index (κ3) is 5.27. The first-order valence-electron chi connectivity index (χ1n) is 7.85. The Hall–Kier alpha value is -1.94. The highest BCUT2D eigenvalue weighted by Gasteiger charge is 2.29. The fraction of sp³-hybridized carbons (Fsp3) is 0.533. The van der Waals surface area contributed by atoms with Crippen molar-refractivity contribution in [3.05, 3.63) is 17.5 Å². The summed E-state index contributed by atoms with van der Waals surface area (Å²) in [5, 5.41) is 17.5. The first kappa shape index (κ1) is 17.9. The fourth-order valence-electron chi connectivity index (χ4n) is 2.02. The average molecular weight is 381 g/mol. The Balaban J connectivity index is 1.50. The van der Waals surface area contributed by atoms with Gasteiger partial charge in [-0.25, -0.2) is 0 Å². The SMILES string of the molecule is CC(C)(C)NC(=O)CSc1nnc(NC(=O)c2cc(C3CC3)on2)s1. The zero-order valence-electron chi connectivity index (χ0n) is 14.2. The van der Waals surface area contributed by atoms with Crippen LogP contribution >= 0.6 is 23.1 Å². The van der Waals surface area contributed by atoms with Gasteiger partial charge in [0.25, 0.3) is 5.91 Å². The van der Waals surface area contributed by atoms with Crippen molar-refractivity contribution in [3.63, 3.8) is 0 Å². The molecule has 10 heteroatoms. The van der Waals surface area contributed by atoms with E-state index in [0.717, 1.165) is 18.6 Å². The van der Waals surface area contributed by atoms with Gasteiger partial charge in [0.2, 0.25) is 11.0 Å². The number of hydrogen-bond donors (Lipinski definition) is 2. The van der Waals surface area contributed by atoms with Crippen molar-refractivity contribution < 1.29 is 14.1 Å². The standard InChI is InChI=1S/C15H19N5O3S2/c1-15(2,3)17-11(21)7-24-14-19-18-13(25-14)16-12(22)9-6-10(23-20-9)8-4-5-8/h6,8H,4-5,7H2,1-3H3,(H,17,21)(H,16,18,22). The van der Waals surface area contributed by atoms with Crippen LogP contribution < -0.4 is 10.6 Å². The van der Waals surface area contributed by atoms with Crippen LogP contribution in [0.5, 0.6) is 0 Å². The molecule has 3 rings (SSSR count). The molecule has 1 aliphatic carbocycles. The molecule has 2 aromatic rings. The van der Waals surface area contributed by atoms with E-state index in [0.29, 0.717) is 15.4 Å². The number of nitrogens with zero attached hydrogens (tertiary/aromatic N) is 3. The molecule has 0 aromatic carbocycles. The maximum Gasteiger partial charge on any atom is 0.279 e. The molecule has 2 heterocycles. The summed E-state index contributed by atoms with van der Waals surface area (Å²) in [6.45, 7) is 5.77. The first-order chi connectivity index (χ1) is 11.8. The van der Waals surface area contributed by atoms with Gasteiger partial charge in [-0.2, -0.15) is 0 Å². The lowest BCUT2D eigenvalue weighted by Gasteiger charge is -2.19. The van der Waals surface area contributed by atoms with Gasteiger partial charge >= 0.3 is 0 Å². The summed E-state index contributed by atoms with van der Waals surface area (Å²) in [6, 6.07) is 1.67. The van der Waals surface area contributed by atoms with Crippen LogP contribution in [0.3, 0.4) is 0 Å². The van der Waals surface area contributed by atoms with E-state index in [1.165, 1.54) is 23.1 Å². The molecule has 1 saturated carbocycles. The second kappa shape index (κ2) is 7.12. The summed E-state index contributed by atoms with van der Waals surface area (Å²) in [7, 11) is 0. The zero-order chi connectivity index (χ0) is 18.0. The van der Waals surface area contributed by atoms with E-state index < -0.39 is 0 Å². The third-order valence-corrected chi connectivity index (χ3v) is 5.18. The molecule has 0 spiro atoms. The van der Waals surface area contributed by atoms with E-state index in [-0.39, 0.29) is 28.8 Å². The topological polar surface area (TPSA) is 110 Å². The highest BCUT2D eigenvalue weighted by Crippen LogP contribution is 2.40. The van der Waals surface area contributed by atoms with Crippen LogP contribution in [0.15, 0.2) is 14.9 Å². The number of nitrogens with one attached hydrogen (secondary N) is 2. The molecule has 0 saturated heterocycles. The zero-order valence-corrected chi connectivity index (χ0v) is 15.8. The molecule has 0 unspecified atom stereocenters. The molecular weight excluding hydrogens is 362 g/mol. The highest BCUT2D eigenvalue weighted by molar-refractivity contribution is 8.01. The molecule has 2 aromatic heterocycles. The van der Waals surface area contributed by atoms with Gasteiger partial charge in [-0.15, -0.1) is 10.2 Å². The average Bonchev–Trinajstić information content (AvgIpc) is 3.07. The van der Waals surface area contributed by atoms with E-state index in [4.69, 9.17) is 4.52 Å². The van der Waals surface area contributed by atoms with Gasteiger partial charge in [0.15, 0.2) is 10.0 Å². The lowest BCUT2D eigenvalue weighted by Crippen LogP contribution is -2.41. The number of carbonyl (C=O) groups excluding carboxylic acids is 2. The summed E-state index contributed by atoms with van der Waals surface area (Å²) < 4.78 is 5.77. The van der Waals surface area contributed by atoms with E-state index in [2.05, 4.69) is 26.0 Å². The number of amides is 2. The van der Waals surface area contributed by atoms with Crippen LogP contribution in [-0.2, 0) is 4.79 Å². The highest BCUT2D eigenvalue weighted by atomic mass is 32.2. The maximum absolute atomic E-state index is 12.1. The number of thioether (sulfide) groups is 1. The summed E-state index contributed by atoms with van der Waals surface area (Å²) in [6.07, 6.45) is 2.16. The molecule has 2 N–H and O–H groups in total. The number of hydrogen-bond acceptors (Lipinski definition) is 8. The second-order valence-corrected chi connectivity index (χ2v) is 9.00.